The van der Waals surface area contributed by atoms with Gasteiger partial charge in [-0.2, -0.15) is 0 Å². The molecule has 1 heterocycles. The summed E-state index contributed by atoms with van der Waals surface area (Å²) in [7, 11) is 2.17. The molecule has 0 bridgehead atoms. The van der Waals surface area contributed by atoms with Crippen molar-refractivity contribution in [1.29, 1.82) is 0 Å². The number of nitrogens with two attached hydrogens (primary N) is 1. The Morgan fingerprint density at radius 1 is 1.44 bits per heavy atom. The van der Waals surface area contributed by atoms with Crippen LogP contribution in [0.1, 0.15) is 44.7 Å². The topological polar surface area (TPSA) is 42.1 Å². The van der Waals surface area contributed by atoms with Gasteiger partial charge in [-0.25, -0.2) is 4.98 Å². The van der Waals surface area contributed by atoms with E-state index in [0.717, 1.165) is 18.7 Å². The smallest absolute Gasteiger partial charge is 0.0798 e. The lowest BCUT2D eigenvalue weighted by Gasteiger charge is -2.41. The van der Waals surface area contributed by atoms with Crippen LogP contribution in [0.15, 0.2) is 5.51 Å². The Bertz CT molecular complexity index is 367. The Morgan fingerprint density at radius 3 is 2.44 bits per heavy atom. The maximum absolute atomic E-state index is 6.32. The van der Waals surface area contributed by atoms with Crippen LogP contribution in [0.2, 0.25) is 0 Å². The molecule has 1 aromatic heterocycles. The monoisotopic (exact) mass is 269 g/mol. The van der Waals surface area contributed by atoms with Gasteiger partial charge < -0.3 is 5.73 Å². The van der Waals surface area contributed by atoms with Gasteiger partial charge in [0.1, 0.15) is 0 Å². The zero-order valence-electron chi connectivity index (χ0n) is 12.5. The van der Waals surface area contributed by atoms with Gasteiger partial charge in [0.25, 0.3) is 0 Å². The first kappa shape index (κ1) is 15.6. The number of nitrogens with zero attached hydrogens (tertiary/aromatic N) is 2. The molecule has 0 aliphatic rings. The summed E-state index contributed by atoms with van der Waals surface area (Å²) in [5.74, 6) is 0. The fourth-order valence-electron chi connectivity index (χ4n) is 2.66. The van der Waals surface area contributed by atoms with Gasteiger partial charge in [0, 0.05) is 23.5 Å². The number of likely N-dealkylation sites (N-methyl/N-ethyl adjacent to an activating group) is 1. The van der Waals surface area contributed by atoms with E-state index in [-0.39, 0.29) is 11.5 Å². The van der Waals surface area contributed by atoms with E-state index in [2.05, 4.69) is 51.6 Å². The van der Waals surface area contributed by atoms with Gasteiger partial charge in [-0.1, -0.05) is 27.7 Å². The van der Waals surface area contributed by atoms with Crippen molar-refractivity contribution >= 4 is 11.3 Å². The number of thiazole rings is 1. The Balaban J connectivity index is 2.83. The standard InChI is InChI=1S/C14H27N3S/c1-7-11(15)13(14(3,4)5)17(6)8-12-10(2)16-9-18-12/h9,11,13H,7-8,15H2,1-6H3. The van der Waals surface area contributed by atoms with E-state index >= 15 is 0 Å². The molecule has 1 aromatic rings. The Labute approximate surface area is 115 Å². The molecule has 0 spiro atoms. The van der Waals surface area contributed by atoms with Crippen molar-refractivity contribution in [2.24, 2.45) is 11.1 Å². The molecule has 4 heteroatoms. The van der Waals surface area contributed by atoms with E-state index in [4.69, 9.17) is 5.73 Å². The van der Waals surface area contributed by atoms with E-state index in [0.29, 0.717) is 6.04 Å². The Morgan fingerprint density at radius 2 is 2.06 bits per heavy atom. The number of aromatic nitrogens is 1. The normalized spacial score (nSPS) is 16.0. The third kappa shape index (κ3) is 3.77. The van der Waals surface area contributed by atoms with Crippen LogP contribution in [-0.4, -0.2) is 29.0 Å². The van der Waals surface area contributed by atoms with Crippen molar-refractivity contribution in [3.8, 4) is 0 Å². The summed E-state index contributed by atoms with van der Waals surface area (Å²) >= 11 is 1.73. The highest BCUT2D eigenvalue weighted by Crippen LogP contribution is 2.28. The lowest BCUT2D eigenvalue weighted by Crippen LogP contribution is -2.52. The fraction of sp³-hybridized carbons (Fsp3) is 0.786. The van der Waals surface area contributed by atoms with E-state index in [1.807, 2.05) is 5.51 Å². The average molecular weight is 269 g/mol. The van der Waals surface area contributed by atoms with Crippen molar-refractivity contribution < 1.29 is 0 Å². The fourth-order valence-corrected chi connectivity index (χ4v) is 3.50. The van der Waals surface area contributed by atoms with Crippen LogP contribution in [0.3, 0.4) is 0 Å². The van der Waals surface area contributed by atoms with Crippen molar-refractivity contribution in [3.05, 3.63) is 16.1 Å². The number of aryl methyl sites for hydroxylation is 1. The molecule has 0 radical (unpaired) electrons. The van der Waals surface area contributed by atoms with Gasteiger partial charge in [0.2, 0.25) is 0 Å². The molecule has 0 aliphatic heterocycles. The maximum atomic E-state index is 6.32. The summed E-state index contributed by atoms with van der Waals surface area (Å²) in [5.41, 5.74) is 9.56. The lowest BCUT2D eigenvalue weighted by atomic mass is 9.80. The summed E-state index contributed by atoms with van der Waals surface area (Å²) in [6.07, 6.45) is 1.01. The third-order valence-electron chi connectivity index (χ3n) is 3.48. The molecule has 0 saturated heterocycles. The third-order valence-corrected chi connectivity index (χ3v) is 4.40. The molecule has 0 aliphatic carbocycles. The summed E-state index contributed by atoms with van der Waals surface area (Å²) < 4.78 is 0. The Hall–Kier alpha value is -0.450. The van der Waals surface area contributed by atoms with Gasteiger partial charge in [-0.05, 0) is 25.8 Å². The van der Waals surface area contributed by atoms with Crippen LogP contribution >= 0.6 is 11.3 Å². The van der Waals surface area contributed by atoms with Gasteiger partial charge in [0.05, 0.1) is 11.2 Å². The van der Waals surface area contributed by atoms with E-state index in [9.17, 15) is 0 Å². The Kier molecular flexibility index (Phi) is 5.32. The molecular weight excluding hydrogens is 242 g/mol. The van der Waals surface area contributed by atoms with Crippen molar-refractivity contribution in [2.45, 2.75) is 59.7 Å². The highest BCUT2D eigenvalue weighted by atomic mass is 32.1. The first-order valence-electron chi connectivity index (χ1n) is 6.62. The summed E-state index contributed by atoms with van der Waals surface area (Å²) in [5, 5.41) is 0. The molecule has 0 saturated carbocycles. The molecule has 18 heavy (non-hydrogen) atoms. The second-order valence-corrected chi connectivity index (χ2v) is 7.10. The van der Waals surface area contributed by atoms with Crippen molar-refractivity contribution in [2.75, 3.05) is 7.05 Å². The van der Waals surface area contributed by atoms with Crippen LogP contribution in [0, 0.1) is 12.3 Å². The first-order chi connectivity index (χ1) is 8.27. The van der Waals surface area contributed by atoms with Crippen molar-refractivity contribution in [1.82, 2.24) is 9.88 Å². The van der Waals surface area contributed by atoms with Gasteiger partial charge in [-0.3, -0.25) is 4.90 Å². The molecule has 0 aromatic carbocycles. The molecular formula is C14H27N3S. The molecule has 2 unspecified atom stereocenters. The predicted molar refractivity (Wildman–Crippen MR) is 79.8 cm³/mol. The second kappa shape index (κ2) is 6.13. The van der Waals surface area contributed by atoms with Crippen LogP contribution in [-0.2, 0) is 6.54 Å². The minimum absolute atomic E-state index is 0.183. The van der Waals surface area contributed by atoms with E-state index < -0.39 is 0 Å². The first-order valence-corrected chi connectivity index (χ1v) is 7.50. The van der Waals surface area contributed by atoms with E-state index in [1.165, 1.54) is 4.88 Å². The van der Waals surface area contributed by atoms with Crippen LogP contribution in [0.25, 0.3) is 0 Å². The molecule has 2 N–H and O–H groups in total. The lowest BCUT2D eigenvalue weighted by molar-refractivity contribution is 0.0945. The quantitative estimate of drug-likeness (QED) is 0.893. The highest BCUT2D eigenvalue weighted by molar-refractivity contribution is 7.09. The van der Waals surface area contributed by atoms with E-state index in [1.54, 1.807) is 11.3 Å². The highest BCUT2D eigenvalue weighted by Gasteiger charge is 2.32. The molecule has 1 rings (SSSR count). The minimum Gasteiger partial charge on any atom is -0.326 e. The van der Waals surface area contributed by atoms with Gasteiger partial charge in [0.15, 0.2) is 0 Å². The summed E-state index contributed by atoms with van der Waals surface area (Å²) in [4.78, 5) is 8.04. The molecule has 3 nitrogen and oxygen atoms in total. The minimum atomic E-state index is 0.183. The zero-order chi connectivity index (χ0) is 13.9. The van der Waals surface area contributed by atoms with Gasteiger partial charge in [-0.15, -0.1) is 11.3 Å². The molecule has 0 fully saturated rings. The number of hydrogen-bond donors (Lipinski definition) is 1. The average Bonchev–Trinajstić information content (AvgIpc) is 2.62. The number of rotatable bonds is 5. The van der Waals surface area contributed by atoms with Crippen LogP contribution in [0.5, 0.6) is 0 Å². The molecule has 104 valence electrons. The van der Waals surface area contributed by atoms with Crippen molar-refractivity contribution in [3.63, 3.8) is 0 Å². The summed E-state index contributed by atoms with van der Waals surface area (Å²) in [6.45, 7) is 12.0. The molecule has 0 amide bonds. The zero-order valence-corrected chi connectivity index (χ0v) is 13.3. The van der Waals surface area contributed by atoms with Crippen LogP contribution < -0.4 is 5.73 Å². The SMILES string of the molecule is CCC(N)C(N(C)Cc1scnc1C)C(C)(C)C. The largest absolute Gasteiger partial charge is 0.326 e. The van der Waals surface area contributed by atoms with Crippen LogP contribution in [0.4, 0.5) is 0 Å². The molecule has 2 atom stereocenters. The summed E-state index contributed by atoms with van der Waals surface area (Å²) in [6, 6.07) is 0.590. The van der Waals surface area contributed by atoms with Gasteiger partial charge >= 0.3 is 0 Å². The predicted octanol–water partition coefficient (Wildman–Crippen LogP) is 3.04. The number of hydrogen-bond acceptors (Lipinski definition) is 4. The maximum Gasteiger partial charge on any atom is 0.0798 e. The second-order valence-electron chi connectivity index (χ2n) is 6.16.